The summed E-state index contributed by atoms with van der Waals surface area (Å²) in [6.07, 6.45) is 3.33. The zero-order chi connectivity index (χ0) is 21.1. The third kappa shape index (κ3) is 6.22. The van der Waals surface area contributed by atoms with Crippen molar-refractivity contribution in [2.24, 2.45) is 0 Å². The van der Waals surface area contributed by atoms with Crippen LogP contribution in [0, 0.1) is 0 Å². The average molecular weight is 420 g/mol. The van der Waals surface area contributed by atoms with Crippen LogP contribution in [0.4, 0.5) is 5.82 Å². The maximum absolute atomic E-state index is 9.37. The highest BCUT2D eigenvalue weighted by molar-refractivity contribution is 6.42. The second-order valence-corrected chi connectivity index (χ2v) is 5.96. The van der Waals surface area contributed by atoms with E-state index in [0.29, 0.717) is 15.9 Å². The van der Waals surface area contributed by atoms with E-state index in [0.717, 1.165) is 22.0 Å². The van der Waals surface area contributed by atoms with Crippen LogP contribution in [0.1, 0.15) is 27.2 Å². The van der Waals surface area contributed by atoms with Gasteiger partial charge in [0.25, 0.3) is 0 Å². The summed E-state index contributed by atoms with van der Waals surface area (Å²) in [5.41, 5.74) is 2.78. The molecule has 0 fully saturated rings. The van der Waals surface area contributed by atoms with E-state index in [1.807, 2.05) is 44.2 Å². The molecule has 0 aliphatic rings. The van der Waals surface area contributed by atoms with Crippen molar-refractivity contribution < 1.29 is 9.90 Å². The van der Waals surface area contributed by atoms with E-state index in [1.54, 1.807) is 19.2 Å². The van der Waals surface area contributed by atoms with Crippen molar-refractivity contribution in [3.8, 4) is 11.1 Å². The molecule has 5 nitrogen and oxygen atoms in total. The largest absolute Gasteiger partial charge is 0.481 e. The Labute approximate surface area is 175 Å². The quantitative estimate of drug-likeness (QED) is 0.493. The number of benzene rings is 2. The third-order valence-corrected chi connectivity index (χ3v) is 4.17. The molecule has 0 saturated carbocycles. The normalized spacial score (nSPS) is 9.46. The van der Waals surface area contributed by atoms with E-state index in [4.69, 9.17) is 28.3 Å². The van der Waals surface area contributed by atoms with Crippen LogP contribution in [-0.2, 0) is 4.79 Å². The lowest BCUT2D eigenvalue weighted by molar-refractivity contribution is -0.136. The smallest absolute Gasteiger partial charge is 0.303 e. The van der Waals surface area contributed by atoms with Gasteiger partial charge in [0.15, 0.2) is 0 Å². The Kier molecular flexibility index (Phi) is 9.99. The molecule has 0 saturated heterocycles. The van der Waals surface area contributed by atoms with Crippen molar-refractivity contribution >= 4 is 45.9 Å². The van der Waals surface area contributed by atoms with Crippen molar-refractivity contribution in [3.05, 3.63) is 65.5 Å². The summed E-state index contributed by atoms with van der Waals surface area (Å²) in [7, 11) is 0. The van der Waals surface area contributed by atoms with Gasteiger partial charge in [-0.1, -0.05) is 68.8 Å². The molecule has 1 heterocycles. The van der Waals surface area contributed by atoms with Crippen LogP contribution in [0.25, 0.3) is 22.0 Å². The highest BCUT2D eigenvalue weighted by Gasteiger charge is 2.11. The van der Waals surface area contributed by atoms with Crippen molar-refractivity contribution in [3.63, 3.8) is 0 Å². The van der Waals surface area contributed by atoms with Gasteiger partial charge in [-0.2, -0.15) is 0 Å². The lowest BCUT2D eigenvalue weighted by Crippen LogP contribution is -1.95. The zero-order valence-electron chi connectivity index (χ0n) is 16.0. The van der Waals surface area contributed by atoms with E-state index >= 15 is 0 Å². The fraction of sp³-hybridized carbons (Fsp3) is 0.190. The van der Waals surface area contributed by atoms with Gasteiger partial charge in [0, 0.05) is 6.42 Å². The van der Waals surface area contributed by atoms with Crippen LogP contribution in [0.3, 0.4) is 0 Å². The summed E-state index contributed by atoms with van der Waals surface area (Å²) in [5, 5.41) is 12.7. The van der Waals surface area contributed by atoms with Crippen LogP contribution in [0.15, 0.2) is 55.5 Å². The standard InChI is InChI=1S/C16H11Cl2N3.C3H6O2.C2H6/c1-2-19-16-15-11(4-3-5-14(15)20-9-21-16)10-6-7-12(17)13(18)8-10;1-2-3(4)5;1-2/h2-9H,1H2,(H,19,20,21);2H2,1H3,(H,4,5);1-2H3. The highest BCUT2D eigenvalue weighted by Crippen LogP contribution is 2.34. The van der Waals surface area contributed by atoms with Crippen molar-refractivity contribution in [1.82, 2.24) is 9.97 Å². The lowest BCUT2D eigenvalue weighted by atomic mass is 10.0. The lowest BCUT2D eigenvalue weighted by Gasteiger charge is -2.10. The number of aromatic nitrogens is 2. The Morgan fingerprint density at radius 1 is 1.18 bits per heavy atom. The minimum absolute atomic E-state index is 0.222. The second-order valence-electron chi connectivity index (χ2n) is 5.15. The summed E-state index contributed by atoms with van der Waals surface area (Å²) in [5.74, 6) is -0.0401. The van der Waals surface area contributed by atoms with E-state index in [1.165, 1.54) is 6.33 Å². The highest BCUT2D eigenvalue weighted by atomic mass is 35.5. The molecule has 2 N–H and O–H groups in total. The monoisotopic (exact) mass is 419 g/mol. The number of carboxylic acids is 1. The summed E-state index contributed by atoms with van der Waals surface area (Å²) in [6, 6.07) is 11.4. The predicted molar refractivity (Wildman–Crippen MR) is 118 cm³/mol. The fourth-order valence-corrected chi connectivity index (χ4v) is 2.52. The number of hydrogen-bond acceptors (Lipinski definition) is 4. The first-order valence-electron chi connectivity index (χ1n) is 8.76. The molecule has 0 atom stereocenters. The first-order valence-corrected chi connectivity index (χ1v) is 9.51. The molecular formula is C21H23Cl2N3O2. The fourth-order valence-electron chi connectivity index (χ4n) is 2.22. The topological polar surface area (TPSA) is 75.1 Å². The molecule has 148 valence electrons. The first-order chi connectivity index (χ1) is 13.5. The minimum atomic E-state index is -0.745. The maximum Gasteiger partial charge on any atom is 0.303 e. The number of carbonyl (C=O) groups is 1. The number of rotatable bonds is 4. The van der Waals surface area contributed by atoms with Gasteiger partial charge in [0.2, 0.25) is 0 Å². The van der Waals surface area contributed by atoms with Crippen LogP contribution >= 0.6 is 23.2 Å². The number of anilines is 1. The number of nitrogens with one attached hydrogen (secondary N) is 1. The molecule has 0 unspecified atom stereocenters. The maximum atomic E-state index is 9.37. The van der Waals surface area contributed by atoms with Gasteiger partial charge in [0.05, 0.1) is 20.9 Å². The van der Waals surface area contributed by atoms with Crippen molar-refractivity contribution in [2.45, 2.75) is 27.2 Å². The molecule has 28 heavy (non-hydrogen) atoms. The molecule has 0 radical (unpaired) electrons. The SMILES string of the molecule is C=CNc1ncnc2cccc(-c3ccc(Cl)c(Cl)c3)c12.CC.CCC(=O)O. The number of fused-ring (bicyclic) bond motifs is 1. The van der Waals surface area contributed by atoms with Crippen molar-refractivity contribution in [1.29, 1.82) is 0 Å². The van der Waals surface area contributed by atoms with E-state index in [2.05, 4.69) is 21.9 Å². The Morgan fingerprint density at radius 2 is 1.86 bits per heavy atom. The molecule has 0 aliphatic carbocycles. The summed E-state index contributed by atoms with van der Waals surface area (Å²) < 4.78 is 0. The molecule has 2 aromatic carbocycles. The van der Waals surface area contributed by atoms with Gasteiger partial charge >= 0.3 is 5.97 Å². The Morgan fingerprint density at radius 3 is 2.43 bits per heavy atom. The molecule has 0 amide bonds. The molecule has 0 bridgehead atoms. The van der Waals surface area contributed by atoms with Gasteiger partial charge in [-0.25, -0.2) is 9.97 Å². The van der Waals surface area contributed by atoms with Gasteiger partial charge < -0.3 is 10.4 Å². The minimum Gasteiger partial charge on any atom is -0.481 e. The van der Waals surface area contributed by atoms with Crippen LogP contribution in [0.5, 0.6) is 0 Å². The van der Waals surface area contributed by atoms with Gasteiger partial charge in [-0.05, 0) is 35.5 Å². The number of aliphatic carboxylic acids is 1. The average Bonchev–Trinajstić information content (AvgIpc) is 2.72. The molecule has 3 rings (SSSR count). The van der Waals surface area contributed by atoms with Crippen LogP contribution < -0.4 is 5.32 Å². The molecule has 0 spiro atoms. The predicted octanol–water partition coefficient (Wildman–Crippen LogP) is 6.67. The molecular weight excluding hydrogens is 397 g/mol. The number of nitrogens with zero attached hydrogens (tertiary/aromatic N) is 2. The second kappa shape index (κ2) is 12.0. The summed E-state index contributed by atoms with van der Waals surface area (Å²) in [6.45, 7) is 9.28. The van der Waals surface area contributed by atoms with E-state index in [9.17, 15) is 4.79 Å². The Balaban J connectivity index is 0.000000490. The number of carboxylic acid groups (broad SMARTS) is 1. The van der Waals surface area contributed by atoms with Gasteiger partial charge in [-0.3, -0.25) is 4.79 Å². The molecule has 7 heteroatoms. The van der Waals surface area contributed by atoms with E-state index < -0.39 is 5.97 Å². The van der Waals surface area contributed by atoms with Gasteiger partial charge in [-0.15, -0.1) is 0 Å². The van der Waals surface area contributed by atoms with E-state index in [-0.39, 0.29) is 6.42 Å². The van der Waals surface area contributed by atoms with Gasteiger partial charge in [0.1, 0.15) is 12.1 Å². The third-order valence-electron chi connectivity index (χ3n) is 3.43. The summed E-state index contributed by atoms with van der Waals surface area (Å²) in [4.78, 5) is 17.9. The molecule has 0 aliphatic heterocycles. The van der Waals surface area contributed by atoms with Crippen LogP contribution in [-0.4, -0.2) is 21.0 Å². The van der Waals surface area contributed by atoms with Crippen LogP contribution in [0.2, 0.25) is 10.0 Å². The number of hydrogen-bond donors (Lipinski definition) is 2. The summed E-state index contributed by atoms with van der Waals surface area (Å²) >= 11 is 12.1. The Hall–Kier alpha value is -2.63. The first kappa shape index (κ1) is 23.4. The Bertz CT molecular complexity index is 941. The molecule has 3 aromatic rings. The number of halogens is 2. The zero-order valence-corrected chi connectivity index (χ0v) is 17.6. The molecule has 1 aromatic heterocycles. The van der Waals surface area contributed by atoms with Crippen molar-refractivity contribution in [2.75, 3.05) is 5.32 Å².